The molecule has 0 radical (unpaired) electrons. The number of fused-ring (bicyclic) bond motifs is 1. The van der Waals surface area contributed by atoms with Crippen LogP contribution in [-0.4, -0.2) is 18.6 Å². The lowest BCUT2D eigenvalue weighted by Gasteiger charge is -2.35. The van der Waals surface area contributed by atoms with Crippen molar-refractivity contribution in [2.75, 3.05) is 13.7 Å². The Kier molecular flexibility index (Phi) is 5.40. The fraction of sp³-hybridized carbons (Fsp3) is 0.217. The first-order chi connectivity index (χ1) is 13.1. The average molecular weight is 398 g/mol. The molecule has 1 aliphatic rings. The summed E-state index contributed by atoms with van der Waals surface area (Å²) in [5, 5.41) is 1.19. The second-order valence-corrected chi connectivity index (χ2v) is 7.76. The predicted octanol–water partition coefficient (Wildman–Crippen LogP) is 6.15. The Balaban J connectivity index is 1.71. The van der Waals surface area contributed by atoms with E-state index in [-0.39, 0.29) is 5.92 Å². The summed E-state index contributed by atoms with van der Waals surface area (Å²) in [6, 6.07) is 22.9. The fourth-order valence-corrected chi connectivity index (χ4v) is 4.13. The molecule has 3 aromatic rings. The van der Waals surface area contributed by atoms with Gasteiger partial charge in [-0.15, -0.1) is 0 Å². The van der Waals surface area contributed by atoms with E-state index >= 15 is 0 Å². The summed E-state index contributed by atoms with van der Waals surface area (Å²) >= 11 is 12.4. The van der Waals surface area contributed by atoms with Crippen LogP contribution in [0.3, 0.4) is 0 Å². The molecule has 0 N–H and O–H groups in total. The van der Waals surface area contributed by atoms with Crippen LogP contribution in [0.15, 0.2) is 66.7 Å². The molecule has 27 heavy (non-hydrogen) atoms. The lowest BCUT2D eigenvalue weighted by Crippen LogP contribution is -2.33. The summed E-state index contributed by atoms with van der Waals surface area (Å²) in [6.07, 6.45) is 0. The van der Waals surface area contributed by atoms with Crippen LogP contribution in [0.25, 0.3) is 0 Å². The minimum Gasteiger partial charge on any atom is -0.497 e. The van der Waals surface area contributed by atoms with Crippen LogP contribution in [0.5, 0.6) is 5.75 Å². The third-order valence-corrected chi connectivity index (χ3v) is 5.89. The zero-order valence-corrected chi connectivity index (χ0v) is 16.7. The second kappa shape index (κ2) is 7.93. The molecule has 4 rings (SSSR count). The third-order valence-electron chi connectivity index (χ3n) is 5.16. The van der Waals surface area contributed by atoms with E-state index in [0.29, 0.717) is 10.0 Å². The zero-order chi connectivity index (χ0) is 18.8. The summed E-state index contributed by atoms with van der Waals surface area (Å²) in [5.74, 6) is 1.14. The van der Waals surface area contributed by atoms with Gasteiger partial charge < -0.3 is 4.74 Å². The molecular weight excluding hydrogens is 377 g/mol. The molecular formula is C23H21Cl2NO. The molecule has 0 aromatic heterocycles. The van der Waals surface area contributed by atoms with Gasteiger partial charge in [-0.3, -0.25) is 4.90 Å². The van der Waals surface area contributed by atoms with Gasteiger partial charge in [0.2, 0.25) is 0 Å². The topological polar surface area (TPSA) is 12.5 Å². The first-order valence-electron chi connectivity index (χ1n) is 9.02. The molecule has 4 heteroatoms. The van der Waals surface area contributed by atoms with E-state index in [4.69, 9.17) is 27.9 Å². The second-order valence-electron chi connectivity index (χ2n) is 6.95. The summed E-state index contributed by atoms with van der Waals surface area (Å²) in [5.41, 5.74) is 5.14. The normalized spacial score (nSPS) is 16.8. The Hall–Kier alpha value is -2.00. The largest absolute Gasteiger partial charge is 0.497 e. The SMILES string of the molecule is COc1ccc2c(c1)CN(Cc1ccccc1)CC2c1ccc(Cl)c(Cl)c1. The van der Waals surface area contributed by atoms with Crippen LogP contribution in [-0.2, 0) is 13.1 Å². The quantitative estimate of drug-likeness (QED) is 0.523. The van der Waals surface area contributed by atoms with E-state index in [9.17, 15) is 0 Å². The number of rotatable bonds is 4. The molecule has 1 aliphatic heterocycles. The van der Waals surface area contributed by atoms with Crippen molar-refractivity contribution >= 4 is 23.2 Å². The summed E-state index contributed by atoms with van der Waals surface area (Å²) in [6.45, 7) is 2.75. The lowest BCUT2D eigenvalue weighted by atomic mass is 9.84. The molecule has 2 nitrogen and oxygen atoms in total. The first kappa shape index (κ1) is 18.4. The average Bonchev–Trinajstić information content (AvgIpc) is 2.70. The van der Waals surface area contributed by atoms with Gasteiger partial charge in [0.1, 0.15) is 5.75 Å². The van der Waals surface area contributed by atoms with Crippen molar-refractivity contribution in [3.8, 4) is 5.75 Å². The number of ether oxygens (including phenoxy) is 1. The minimum absolute atomic E-state index is 0.248. The molecule has 1 heterocycles. The maximum Gasteiger partial charge on any atom is 0.119 e. The lowest BCUT2D eigenvalue weighted by molar-refractivity contribution is 0.231. The van der Waals surface area contributed by atoms with E-state index < -0.39 is 0 Å². The maximum absolute atomic E-state index is 6.31. The van der Waals surface area contributed by atoms with Gasteiger partial charge in [-0.25, -0.2) is 0 Å². The highest BCUT2D eigenvalue weighted by Crippen LogP contribution is 2.37. The van der Waals surface area contributed by atoms with Gasteiger partial charge in [0.15, 0.2) is 0 Å². The van der Waals surface area contributed by atoms with Crippen LogP contribution in [0.2, 0.25) is 10.0 Å². The highest BCUT2D eigenvalue weighted by molar-refractivity contribution is 6.42. The highest BCUT2D eigenvalue weighted by atomic mass is 35.5. The zero-order valence-electron chi connectivity index (χ0n) is 15.2. The molecule has 0 spiro atoms. The summed E-state index contributed by atoms with van der Waals surface area (Å²) in [4.78, 5) is 2.48. The monoisotopic (exact) mass is 397 g/mol. The van der Waals surface area contributed by atoms with E-state index in [2.05, 4.69) is 53.4 Å². The Morgan fingerprint density at radius 2 is 1.78 bits per heavy atom. The van der Waals surface area contributed by atoms with E-state index in [1.165, 1.54) is 22.3 Å². The Morgan fingerprint density at radius 1 is 0.963 bits per heavy atom. The van der Waals surface area contributed by atoms with Crippen LogP contribution in [0, 0.1) is 0 Å². The third kappa shape index (κ3) is 3.98. The molecule has 0 saturated heterocycles. The smallest absolute Gasteiger partial charge is 0.119 e. The van der Waals surface area contributed by atoms with Gasteiger partial charge in [0.05, 0.1) is 17.2 Å². The van der Waals surface area contributed by atoms with Crippen molar-refractivity contribution in [2.45, 2.75) is 19.0 Å². The highest BCUT2D eigenvalue weighted by Gasteiger charge is 2.27. The molecule has 0 aliphatic carbocycles. The summed E-state index contributed by atoms with van der Waals surface area (Å²) in [7, 11) is 1.71. The maximum atomic E-state index is 6.31. The standard InChI is InChI=1S/C23H21Cl2NO/c1-27-19-8-9-20-18(11-19)14-26(13-16-5-3-2-4-6-16)15-21(20)17-7-10-22(24)23(25)12-17/h2-12,21H,13-15H2,1H3. The van der Waals surface area contributed by atoms with Crippen molar-refractivity contribution in [3.05, 3.63) is 99.0 Å². The molecule has 138 valence electrons. The number of halogens is 2. The Morgan fingerprint density at radius 3 is 2.52 bits per heavy atom. The van der Waals surface area contributed by atoms with Crippen molar-refractivity contribution in [1.82, 2.24) is 4.90 Å². The Bertz CT molecular complexity index is 942. The van der Waals surface area contributed by atoms with Crippen molar-refractivity contribution < 1.29 is 4.74 Å². The minimum atomic E-state index is 0.248. The Labute approximate surface area is 170 Å². The van der Waals surface area contributed by atoms with Crippen LogP contribution in [0.1, 0.15) is 28.2 Å². The van der Waals surface area contributed by atoms with Gasteiger partial charge in [-0.1, -0.05) is 65.7 Å². The van der Waals surface area contributed by atoms with Crippen molar-refractivity contribution in [3.63, 3.8) is 0 Å². The molecule has 0 amide bonds. The van der Waals surface area contributed by atoms with Gasteiger partial charge in [0.25, 0.3) is 0 Å². The molecule has 1 atom stereocenters. The van der Waals surface area contributed by atoms with Crippen molar-refractivity contribution in [1.29, 1.82) is 0 Å². The van der Waals surface area contributed by atoms with Gasteiger partial charge in [0, 0.05) is 25.6 Å². The number of nitrogens with zero attached hydrogens (tertiary/aromatic N) is 1. The fourth-order valence-electron chi connectivity index (χ4n) is 3.82. The number of methoxy groups -OCH3 is 1. The number of benzene rings is 3. The number of hydrogen-bond acceptors (Lipinski definition) is 2. The summed E-state index contributed by atoms with van der Waals surface area (Å²) < 4.78 is 5.45. The predicted molar refractivity (Wildman–Crippen MR) is 112 cm³/mol. The first-order valence-corrected chi connectivity index (χ1v) is 9.77. The number of hydrogen-bond donors (Lipinski definition) is 0. The molecule has 1 unspecified atom stereocenters. The molecule has 0 bridgehead atoms. The van der Waals surface area contributed by atoms with E-state index in [1.807, 2.05) is 18.2 Å². The van der Waals surface area contributed by atoms with Gasteiger partial charge in [-0.2, -0.15) is 0 Å². The van der Waals surface area contributed by atoms with Crippen LogP contribution < -0.4 is 4.74 Å². The van der Waals surface area contributed by atoms with Crippen LogP contribution >= 0.6 is 23.2 Å². The van der Waals surface area contributed by atoms with Crippen molar-refractivity contribution in [2.24, 2.45) is 0 Å². The van der Waals surface area contributed by atoms with E-state index in [0.717, 1.165) is 25.4 Å². The van der Waals surface area contributed by atoms with E-state index in [1.54, 1.807) is 7.11 Å². The molecule has 3 aromatic carbocycles. The molecule has 0 fully saturated rings. The van der Waals surface area contributed by atoms with Crippen LogP contribution in [0.4, 0.5) is 0 Å². The molecule has 0 saturated carbocycles. The van der Waals surface area contributed by atoms with Gasteiger partial charge in [-0.05, 0) is 46.5 Å². The van der Waals surface area contributed by atoms with Gasteiger partial charge >= 0.3 is 0 Å².